The molecule has 0 aromatic rings. The minimum Gasteiger partial charge on any atom is -0.404 e. The molecule has 1 aliphatic heterocycles. The molecular formula is C10H17BN3. The lowest BCUT2D eigenvalue weighted by atomic mass is 9.73. The lowest BCUT2D eigenvalue weighted by Gasteiger charge is -2.10. The first kappa shape index (κ1) is 10.8. The van der Waals surface area contributed by atoms with E-state index in [1.165, 1.54) is 5.57 Å². The second-order valence-electron chi connectivity index (χ2n) is 3.39. The Morgan fingerprint density at radius 2 is 2.43 bits per heavy atom. The highest BCUT2D eigenvalue weighted by atomic mass is 14.9. The number of nitrogens with one attached hydrogen (secondary N) is 1. The Balaban J connectivity index is 2.91. The molecule has 5 N–H and O–H groups in total. The van der Waals surface area contributed by atoms with Crippen LogP contribution in [0.15, 0.2) is 34.8 Å². The van der Waals surface area contributed by atoms with Crippen LogP contribution in [0.2, 0.25) is 13.1 Å². The van der Waals surface area contributed by atoms with Crippen molar-refractivity contribution in [3.05, 3.63) is 34.8 Å². The van der Waals surface area contributed by atoms with Crippen molar-refractivity contribution in [1.29, 1.82) is 0 Å². The van der Waals surface area contributed by atoms with Crippen LogP contribution < -0.4 is 16.8 Å². The van der Waals surface area contributed by atoms with Gasteiger partial charge in [-0.1, -0.05) is 13.1 Å². The molecule has 0 aliphatic carbocycles. The molecule has 75 valence electrons. The van der Waals surface area contributed by atoms with Gasteiger partial charge in [0.15, 0.2) is 0 Å². The Kier molecular flexibility index (Phi) is 3.68. The molecule has 0 unspecified atom stereocenters. The summed E-state index contributed by atoms with van der Waals surface area (Å²) in [6, 6.07) is 0. The van der Waals surface area contributed by atoms with Crippen LogP contribution in [0.25, 0.3) is 0 Å². The number of hydrogen-bond acceptors (Lipinski definition) is 3. The topological polar surface area (TPSA) is 64.1 Å². The molecule has 14 heavy (non-hydrogen) atoms. The number of nitrogens with two attached hydrogens (primary N) is 2. The SMILES string of the molecule is C[B]CC(=C/N)/C(C)=C1\CNC=C1N. The van der Waals surface area contributed by atoms with Gasteiger partial charge >= 0.3 is 0 Å². The van der Waals surface area contributed by atoms with Crippen LogP contribution in [0.3, 0.4) is 0 Å². The zero-order chi connectivity index (χ0) is 10.6. The van der Waals surface area contributed by atoms with Crippen molar-refractivity contribution in [3.8, 4) is 0 Å². The van der Waals surface area contributed by atoms with E-state index >= 15 is 0 Å². The number of hydrogen-bond donors (Lipinski definition) is 3. The van der Waals surface area contributed by atoms with E-state index in [1.807, 2.05) is 13.0 Å². The smallest absolute Gasteiger partial charge is 0.111 e. The predicted octanol–water partition coefficient (Wildman–Crippen LogP) is 0.719. The molecule has 0 atom stereocenters. The zero-order valence-corrected chi connectivity index (χ0v) is 8.80. The van der Waals surface area contributed by atoms with Crippen molar-refractivity contribution in [1.82, 2.24) is 5.32 Å². The molecule has 1 radical (unpaired) electrons. The van der Waals surface area contributed by atoms with Gasteiger partial charge in [-0.05, 0) is 29.8 Å². The van der Waals surface area contributed by atoms with E-state index in [1.54, 1.807) is 6.20 Å². The molecule has 1 rings (SSSR count). The first-order valence-corrected chi connectivity index (χ1v) is 4.78. The fourth-order valence-electron chi connectivity index (χ4n) is 1.56. The van der Waals surface area contributed by atoms with Crippen LogP contribution in [0.5, 0.6) is 0 Å². The van der Waals surface area contributed by atoms with Gasteiger partial charge in [-0.2, -0.15) is 0 Å². The van der Waals surface area contributed by atoms with Crippen LogP contribution in [0.4, 0.5) is 0 Å². The summed E-state index contributed by atoms with van der Waals surface area (Å²) in [5.74, 6) is 0. The van der Waals surface area contributed by atoms with Crippen molar-refractivity contribution in [2.24, 2.45) is 11.5 Å². The van der Waals surface area contributed by atoms with E-state index in [0.717, 1.165) is 29.7 Å². The first-order chi connectivity index (χ1) is 6.70. The van der Waals surface area contributed by atoms with Gasteiger partial charge in [0.25, 0.3) is 0 Å². The second kappa shape index (κ2) is 4.79. The molecule has 0 bridgehead atoms. The van der Waals surface area contributed by atoms with Gasteiger partial charge in [0.05, 0.1) is 5.70 Å². The largest absolute Gasteiger partial charge is 0.404 e. The lowest BCUT2D eigenvalue weighted by molar-refractivity contribution is 0.992. The van der Waals surface area contributed by atoms with Crippen molar-refractivity contribution in [3.63, 3.8) is 0 Å². The quantitative estimate of drug-likeness (QED) is 0.574. The third-order valence-corrected chi connectivity index (χ3v) is 2.44. The molecule has 1 heterocycles. The summed E-state index contributed by atoms with van der Waals surface area (Å²) >= 11 is 0. The molecule has 0 amide bonds. The summed E-state index contributed by atoms with van der Waals surface area (Å²) in [4.78, 5) is 0. The van der Waals surface area contributed by atoms with Crippen molar-refractivity contribution in [2.75, 3.05) is 6.54 Å². The van der Waals surface area contributed by atoms with Gasteiger partial charge in [0.1, 0.15) is 7.28 Å². The maximum absolute atomic E-state index is 5.83. The molecule has 0 aromatic carbocycles. The maximum Gasteiger partial charge on any atom is 0.111 e. The average Bonchev–Trinajstić information content (AvgIpc) is 2.59. The summed E-state index contributed by atoms with van der Waals surface area (Å²) in [5.41, 5.74) is 15.7. The second-order valence-corrected chi connectivity index (χ2v) is 3.39. The number of allylic oxidation sites excluding steroid dienone is 2. The van der Waals surface area contributed by atoms with Crippen LogP contribution in [-0.2, 0) is 0 Å². The zero-order valence-electron chi connectivity index (χ0n) is 8.80. The molecule has 4 heteroatoms. The van der Waals surface area contributed by atoms with Crippen molar-refractivity contribution >= 4 is 7.28 Å². The maximum atomic E-state index is 5.83. The molecule has 0 saturated heterocycles. The van der Waals surface area contributed by atoms with E-state index < -0.39 is 0 Å². The monoisotopic (exact) mass is 190 g/mol. The Labute approximate surface area is 86.2 Å². The minimum atomic E-state index is 0.804. The van der Waals surface area contributed by atoms with E-state index in [4.69, 9.17) is 11.5 Å². The summed E-state index contributed by atoms with van der Waals surface area (Å²) in [6.45, 7) is 4.89. The molecule has 0 saturated carbocycles. The van der Waals surface area contributed by atoms with E-state index in [2.05, 4.69) is 19.5 Å². The summed E-state index contributed by atoms with van der Waals surface area (Å²) < 4.78 is 0. The van der Waals surface area contributed by atoms with Crippen LogP contribution in [-0.4, -0.2) is 13.8 Å². The molecular weight excluding hydrogens is 173 g/mol. The molecule has 1 aliphatic rings. The predicted molar refractivity (Wildman–Crippen MR) is 61.7 cm³/mol. The fourth-order valence-corrected chi connectivity index (χ4v) is 1.56. The van der Waals surface area contributed by atoms with E-state index in [9.17, 15) is 0 Å². The van der Waals surface area contributed by atoms with Gasteiger partial charge in [0.2, 0.25) is 0 Å². The molecule has 0 fully saturated rings. The summed E-state index contributed by atoms with van der Waals surface area (Å²) in [7, 11) is 2.09. The van der Waals surface area contributed by atoms with Crippen molar-refractivity contribution in [2.45, 2.75) is 20.1 Å². The molecule has 0 spiro atoms. The lowest BCUT2D eigenvalue weighted by Crippen LogP contribution is -2.07. The van der Waals surface area contributed by atoms with Gasteiger partial charge in [-0.25, -0.2) is 0 Å². The highest BCUT2D eigenvalue weighted by Gasteiger charge is 2.12. The van der Waals surface area contributed by atoms with Crippen LogP contribution >= 0.6 is 0 Å². The Morgan fingerprint density at radius 3 is 2.86 bits per heavy atom. The molecule has 0 aromatic heterocycles. The highest BCUT2D eigenvalue weighted by molar-refractivity contribution is 6.34. The van der Waals surface area contributed by atoms with Gasteiger partial charge in [0, 0.05) is 12.7 Å². The number of rotatable bonds is 3. The first-order valence-electron chi connectivity index (χ1n) is 4.78. The van der Waals surface area contributed by atoms with Gasteiger partial charge in [-0.3, -0.25) is 0 Å². The standard InChI is InChI=1S/C10H17BN3/c1-7(8(4-12)3-11-2)9-5-14-6-10(9)13/h4,6,14H,3,5,12-13H2,1-2H3/b8-4-,9-7+. The summed E-state index contributed by atoms with van der Waals surface area (Å²) in [6.07, 6.45) is 4.38. The average molecular weight is 190 g/mol. The van der Waals surface area contributed by atoms with Gasteiger partial charge < -0.3 is 16.8 Å². The third kappa shape index (κ3) is 2.13. The van der Waals surface area contributed by atoms with Crippen LogP contribution in [0.1, 0.15) is 6.92 Å². The van der Waals surface area contributed by atoms with E-state index in [-0.39, 0.29) is 0 Å². The fraction of sp³-hybridized carbons (Fsp3) is 0.400. The summed E-state index contributed by atoms with van der Waals surface area (Å²) in [5, 5.41) is 3.10. The van der Waals surface area contributed by atoms with E-state index in [0.29, 0.717) is 0 Å². The molecule has 3 nitrogen and oxygen atoms in total. The highest BCUT2D eigenvalue weighted by Crippen LogP contribution is 2.21. The third-order valence-electron chi connectivity index (χ3n) is 2.44. The Hall–Kier alpha value is -1.32. The Morgan fingerprint density at radius 1 is 1.71 bits per heavy atom. The minimum absolute atomic E-state index is 0.804. The van der Waals surface area contributed by atoms with Crippen molar-refractivity contribution < 1.29 is 0 Å². The van der Waals surface area contributed by atoms with Gasteiger partial charge in [-0.15, -0.1) is 0 Å². The normalized spacial score (nSPS) is 20.1. The Bertz CT molecular complexity index is 302. The van der Waals surface area contributed by atoms with Crippen LogP contribution in [0, 0.1) is 0 Å².